The van der Waals surface area contributed by atoms with E-state index in [1.807, 2.05) is 0 Å². The van der Waals surface area contributed by atoms with E-state index >= 15 is 0 Å². The van der Waals surface area contributed by atoms with Gasteiger partial charge >= 0.3 is 0 Å². The third-order valence-corrected chi connectivity index (χ3v) is 8.37. The Balaban J connectivity index is 1.88. The number of nitro groups is 1. The molecule has 144 valence electrons. The van der Waals surface area contributed by atoms with Crippen molar-refractivity contribution in [3.8, 4) is 0 Å². The molecule has 0 radical (unpaired) electrons. The Morgan fingerprint density at radius 3 is 2.46 bits per heavy atom. The van der Waals surface area contributed by atoms with Gasteiger partial charge in [-0.1, -0.05) is 6.42 Å². The molecule has 0 spiro atoms. The van der Waals surface area contributed by atoms with Crippen LogP contribution in [0, 0.1) is 10.1 Å². The molecule has 11 heteroatoms. The third kappa shape index (κ3) is 3.99. The highest BCUT2D eigenvalue weighted by molar-refractivity contribution is 7.91. The maximum absolute atomic E-state index is 12.7. The first-order valence-corrected chi connectivity index (χ1v) is 11.7. The molecule has 1 N–H and O–H groups in total. The van der Waals surface area contributed by atoms with Crippen LogP contribution in [0.4, 0.5) is 11.4 Å². The molecule has 2 saturated heterocycles. The maximum atomic E-state index is 12.7. The van der Waals surface area contributed by atoms with Crippen molar-refractivity contribution < 1.29 is 21.8 Å². The van der Waals surface area contributed by atoms with Gasteiger partial charge in [-0.15, -0.1) is 0 Å². The van der Waals surface area contributed by atoms with Crippen molar-refractivity contribution in [1.82, 2.24) is 4.31 Å². The van der Waals surface area contributed by atoms with E-state index in [0.29, 0.717) is 19.5 Å². The van der Waals surface area contributed by atoms with Crippen molar-refractivity contribution in [1.29, 1.82) is 0 Å². The van der Waals surface area contributed by atoms with Crippen LogP contribution in [0.5, 0.6) is 0 Å². The van der Waals surface area contributed by atoms with Crippen molar-refractivity contribution in [3.63, 3.8) is 0 Å². The zero-order valence-electron chi connectivity index (χ0n) is 14.1. The Bertz CT molecular complexity index is 907. The predicted octanol–water partition coefficient (Wildman–Crippen LogP) is 1.37. The largest absolute Gasteiger partial charge is 0.376 e. The Morgan fingerprint density at radius 2 is 1.88 bits per heavy atom. The van der Waals surface area contributed by atoms with E-state index in [1.165, 1.54) is 16.4 Å². The van der Waals surface area contributed by atoms with Gasteiger partial charge in [-0.2, -0.15) is 4.31 Å². The van der Waals surface area contributed by atoms with Crippen molar-refractivity contribution in [2.75, 3.05) is 29.9 Å². The fraction of sp³-hybridized carbons (Fsp3) is 0.600. The molecule has 1 aromatic rings. The highest BCUT2D eigenvalue weighted by atomic mass is 32.2. The monoisotopic (exact) mass is 403 g/mol. The third-order valence-electron chi connectivity index (χ3n) is 4.71. The van der Waals surface area contributed by atoms with Crippen LogP contribution < -0.4 is 5.32 Å². The van der Waals surface area contributed by atoms with Gasteiger partial charge in [0.1, 0.15) is 5.69 Å². The fourth-order valence-electron chi connectivity index (χ4n) is 3.33. The summed E-state index contributed by atoms with van der Waals surface area (Å²) in [6, 6.07) is 3.32. The second-order valence-electron chi connectivity index (χ2n) is 6.65. The number of anilines is 1. The number of hydrogen-bond acceptors (Lipinski definition) is 7. The summed E-state index contributed by atoms with van der Waals surface area (Å²) in [5.74, 6) is -0.0438. The van der Waals surface area contributed by atoms with E-state index in [0.717, 1.165) is 25.3 Å². The van der Waals surface area contributed by atoms with E-state index in [-0.39, 0.29) is 27.8 Å². The molecule has 0 aromatic heterocycles. The second-order valence-corrected chi connectivity index (χ2v) is 10.8. The number of nitro benzene ring substituents is 1. The highest BCUT2D eigenvalue weighted by Gasteiger charge is 2.31. The van der Waals surface area contributed by atoms with Gasteiger partial charge in [0.15, 0.2) is 9.84 Å². The summed E-state index contributed by atoms with van der Waals surface area (Å²) in [5.41, 5.74) is -0.234. The Hall–Kier alpha value is -1.72. The van der Waals surface area contributed by atoms with Crippen LogP contribution in [-0.4, -0.2) is 56.7 Å². The molecule has 0 unspecified atom stereocenters. The number of piperidine rings is 1. The van der Waals surface area contributed by atoms with E-state index in [2.05, 4.69) is 5.32 Å². The van der Waals surface area contributed by atoms with E-state index in [4.69, 9.17) is 0 Å². The molecular formula is C15H21N3O6S2. The van der Waals surface area contributed by atoms with Crippen LogP contribution >= 0.6 is 0 Å². The minimum Gasteiger partial charge on any atom is -0.376 e. The number of rotatable bonds is 5. The first-order valence-electron chi connectivity index (χ1n) is 8.45. The van der Waals surface area contributed by atoms with E-state index in [1.54, 1.807) is 0 Å². The van der Waals surface area contributed by atoms with Crippen LogP contribution in [0.3, 0.4) is 0 Å². The molecular weight excluding hydrogens is 382 g/mol. The van der Waals surface area contributed by atoms with Gasteiger partial charge in [0, 0.05) is 25.2 Å². The highest BCUT2D eigenvalue weighted by Crippen LogP contribution is 2.31. The minimum atomic E-state index is -3.78. The zero-order valence-corrected chi connectivity index (χ0v) is 15.8. The molecule has 0 saturated carbocycles. The van der Waals surface area contributed by atoms with Gasteiger partial charge in [0.05, 0.1) is 21.3 Å². The van der Waals surface area contributed by atoms with Crippen molar-refractivity contribution >= 4 is 31.2 Å². The summed E-state index contributed by atoms with van der Waals surface area (Å²) >= 11 is 0. The lowest BCUT2D eigenvalue weighted by atomic mass is 10.2. The number of hydrogen-bond donors (Lipinski definition) is 1. The first kappa shape index (κ1) is 19.1. The van der Waals surface area contributed by atoms with Crippen LogP contribution in [0.1, 0.15) is 25.7 Å². The number of nitrogens with zero attached hydrogens (tertiary/aromatic N) is 2. The number of benzene rings is 1. The summed E-state index contributed by atoms with van der Waals surface area (Å²) in [4.78, 5) is 10.7. The molecule has 1 aromatic carbocycles. The Kier molecular flexibility index (Phi) is 5.22. The van der Waals surface area contributed by atoms with Crippen LogP contribution in [0.25, 0.3) is 0 Å². The molecule has 2 fully saturated rings. The first-order chi connectivity index (χ1) is 12.2. The van der Waals surface area contributed by atoms with Gasteiger partial charge in [-0.3, -0.25) is 10.1 Å². The molecule has 2 aliphatic rings. The van der Waals surface area contributed by atoms with Crippen molar-refractivity contribution in [3.05, 3.63) is 28.3 Å². The lowest BCUT2D eigenvalue weighted by molar-refractivity contribution is -0.384. The number of sulfonamides is 1. The number of sulfone groups is 1. The van der Waals surface area contributed by atoms with Crippen molar-refractivity contribution in [2.45, 2.75) is 36.6 Å². The molecule has 2 heterocycles. The van der Waals surface area contributed by atoms with Crippen LogP contribution in [-0.2, 0) is 19.9 Å². The topological polar surface area (TPSA) is 127 Å². The van der Waals surface area contributed by atoms with Gasteiger partial charge in [-0.05, 0) is 31.4 Å². The molecule has 1 atom stereocenters. The summed E-state index contributed by atoms with van der Waals surface area (Å²) in [6.45, 7) is 0.826. The van der Waals surface area contributed by atoms with Crippen LogP contribution in [0.2, 0.25) is 0 Å². The van der Waals surface area contributed by atoms with Crippen LogP contribution in [0.15, 0.2) is 23.1 Å². The smallest absolute Gasteiger partial charge is 0.293 e. The average Bonchev–Trinajstić information content (AvgIpc) is 2.94. The Labute approximate surface area is 152 Å². The van der Waals surface area contributed by atoms with Gasteiger partial charge in [-0.25, -0.2) is 16.8 Å². The second kappa shape index (κ2) is 7.12. The Morgan fingerprint density at radius 1 is 1.19 bits per heavy atom. The standard InChI is InChI=1S/C15H21N3O6S2/c19-18(20)15-10-13(26(23,24)17-7-2-1-3-8-17)4-5-14(15)16-12-6-9-25(21,22)11-12/h4-5,10,12,16H,1-3,6-9,11H2/t12-/m1/s1. The summed E-state index contributed by atoms with van der Waals surface area (Å²) < 4.78 is 49.9. The molecule has 0 bridgehead atoms. The molecule has 9 nitrogen and oxygen atoms in total. The summed E-state index contributed by atoms with van der Waals surface area (Å²) in [5, 5.41) is 14.3. The molecule has 0 aliphatic carbocycles. The van der Waals surface area contributed by atoms with E-state index < -0.39 is 30.8 Å². The SMILES string of the molecule is O=[N+]([O-])c1cc(S(=O)(=O)N2CCCCC2)ccc1N[C@@H]1CCS(=O)(=O)C1. The minimum absolute atomic E-state index is 0.0416. The molecule has 26 heavy (non-hydrogen) atoms. The summed E-state index contributed by atoms with van der Waals surface area (Å²) in [6.07, 6.45) is 2.89. The molecule has 2 aliphatic heterocycles. The molecule has 3 rings (SSSR count). The normalized spacial score (nSPS) is 23.6. The van der Waals surface area contributed by atoms with Gasteiger partial charge in [0.25, 0.3) is 5.69 Å². The van der Waals surface area contributed by atoms with Gasteiger partial charge in [0.2, 0.25) is 10.0 Å². The lowest BCUT2D eigenvalue weighted by Crippen LogP contribution is -2.35. The number of nitrogens with one attached hydrogen (secondary N) is 1. The maximum Gasteiger partial charge on any atom is 0.293 e. The summed E-state index contributed by atoms with van der Waals surface area (Å²) in [7, 11) is -6.90. The molecule has 0 amide bonds. The quantitative estimate of drug-likeness (QED) is 0.581. The van der Waals surface area contributed by atoms with E-state index in [9.17, 15) is 26.9 Å². The predicted molar refractivity (Wildman–Crippen MR) is 96.4 cm³/mol. The lowest BCUT2D eigenvalue weighted by Gasteiger charge is -2.26. The van der Waals surface area contributed by atoms with Gasteiger partial charge < -0.3 is 5.32 Å². The zero-order chi connectivity index (χ0) is 18.9. The average molecular weight is 403 g/mol. The fourth-order valence-corrected chi connectivity index (χ4v) is 6.54. The van der Waals surface area contributed by atoms with Crippen molar-refractivity contribution in [2.24, 2.45) is 0 Å².